The molecule has 0 spiro atoms. The van der Waals surface area contributed by atoms with Gasteiger partial charge in [0, 0.05) is 47.4 Å². The lowest BCUT2D eigenvalue weighted by atomic mass is 10.0. The second-order valence-electron chi connectivity index (χ2n) is 7.17. The molecule has 0 N–H and O–H groups in total. The number of carbonyl (C=O) groups is 2. The molecule has 2 atom stereocenters. The second-order valence-corrected chi connectivity index (χ2v) is 8.04. The summed E-state index contributed by atoms with van der Waals surface area (Å²) >= 11 is 11.8. The van der Waals surface area contributed by atoms with E-state index in [0.717, 1.165) is 26.2 Å². The largest absolute Gasteiger partial charge is 0.292 e. The SMILES string of the molecule is CC(C(=O)c1ccc(Cl)cc1)N1CCN(C(C)C(=O)c2ccc(Cl)cc2)CC1. The van der Waals surface area contributed by atoms with Gasteiger partial charge in [0.15, 0.2) is 11.6 Å². The maximum atomic E-state index is 12.7. The predicted octanol–water partition coefficient (Wildman–Crippen LogP) is 4.45. The molecule has 6 heteroatoms. The van der Waals surface area contributed by atoms with Crippen LogP contribution in [0.4, 0.5) is 0 Å². The van der Waals surface area contributed by atoms with Crippen molar-refractivity contribution in [3.63, 3.8) is 0 Å². The number of hydrogen-bond acceptors (Lipinski definition) is 4. The monoisotopic (exact) mass is 418 g/mol. The average Bonchev–Trinajstić information content (AvgIpc) is 2.73. The van der Waals surface area contributed by atoms with E-state index in [4.69, 9.17) is 23.2 Å². The molecule has 2 aromatic rings. The first-order valence-corrected chi connectivity index (χ1v) is 10.2. The van der Waals surface area contributed by atoms with Crippen LogP contribution in [0.3, 0.4) is 0 Å². The van der Waals surface area contributed by atoms with Gasteiger partial charge in [0.05, 0.1) is 12.1 Å². The van der Waals surface area contributed by atoms with Crippen LogP contribution in [0.5, 0.6) is 0 Å². The molecule has 1 heterocycles. The molecule has 0 aliphatic carbocycles. The molecule has 4 nitrogen and oxygen atoms in total. The summed E-state index contributed by atoms with van der Waals surface area (Å²) in [6, 6.07) is 13.6. The lowest BCUT2D eigenvalue weighted by Gasteiger charge is -2.39. The first-order valence-electron chi connectivity index (χ1n) is 9.44. The fourth-order valence-corrected chi connectivity index (χ4v) is 3.81. The standard InChI is InChI=1S/C22H24Cl2N2O2/c1-15(21(27)17-3-7-19(23)8-4-17)25-11-13-26(14-12-25)16(2)22(28)18-5-9-20(24)10-6-18/h3-10,15-16H,11-14H2,1-2H3. The van der Waals surface area contributed by atoms with Gasteiger partial charge in [-0.1, -0.05) is 23.2 Å². The van der Waals surface area contributed by atoms with Crippen LogP contribution < -0.4 is 0 Å². The summed E-state index contributed by atoms with van der Waals surface area (Å²) in [6.45, 7) is 6.87. The van der Waals surface area contributed by atoms with E-state index in [2.05, 4.69) is 9.80 Å². The number of nitrogens with zero attached hydrogens (tertiary/aromatic N) is 2. The summed E-state index contributed by atoms with van der Waals surface area (Å²) < 4.78 is 0. The van der Waals surface area contributed by atoms with Gasteiger partial charge in [-0.2, -0.15) is 0 Å². The van der Waals surface area contributed by atoms with Crippen molar-refractivity contribution in [2.75, 3.05) is 26.2 Å². The minimum Gasteiger partial charge on any atom is -0.292 e. The van der Waals surface area contributed by atoms with E-state index >= 15 is 0 Å². The van der Waals surface area contributed by atoms with Gasteiger partial charge >= 0.3 is 0 Å². The number of hydrogen-bond donors (Lipinski definition) is 0. The molecular formula is C22H24Cl2N2O2. The Hall–Kier alpha value is -1.72. The number of Topliss-reactive ketones (excluding diaryl/α,β-unsaturated/α-hetero) is 2. The van der Waals surface area contributed by atoms with E-state index in [1.807, 2.05) is 13.8 Å². The molecule has 1 saturated heterocycles. The minimum absolute atomic E-state index is 0.0930. The van der Waals surface area contributed by atoms with Gasteiger partial charge in [0.25, 0.3) is 0 Å². The van der Waals surface area contributed by atoms with Crippen molar-refractivity contribution in [2.45, 2.75) is 25.9 Å². The molecule has 28 heavy (non-hydrogen) atoms. The Kier molecular flexibility index (Phi) is 6.89. The molecule has 148 valence electrons. The number of carbonyl (C=O) groups excluding carboxylic acids is 2. The molecule has 1 aliphatic rings. The zero-order valence-electron chi connectivity index (χ0n) is 16.1. The molecule has 1 fully saturated rings. The van der Waals surface area contributed by atoms with E-state index in [9.17, 15) is 9.59 Å². The summed E-state index contributed by atoms with van der Waals surface area (Å²) in [5.41, 5.74) is 1.34. The highest BCUT2D eigenvalue weighted by Gasteiger charge is 2.30. The lowest BCUT2D eigenvalue weighted by molar-refractivity contribution is 0.0553. The second kappa shape index (κ2) is 9.19. The fraction of sp³-hybridized carbons (Fsp3) is 0.364. The average molecular weight is 419 g/mol. The normalized spacial score (nSPS) is 17.9. The van der Waals surface area contributed by atoms with Crippen LogP contribution in [0.15, 0.2) is 48.5 Å². The number of halogens is 2. The minimum atomic E-state index is -0.203. The zero-order valence-corrected chi connectivity index (χ0v) is 17.6. The highest BCUT2D eigenvalue weighted by atomic mass is 35.5. The Labute approximate surface area is 176 Å². The predicted molar refractivity (Wildman–Crippen MR) is 114 cm³/mol. The van der Waals surface area contributed by atoms with Crippen molar-refractivity contribution < 1.29 is 9.59 Å². The number of piperazine rings is 1. The van der Waals surface area contributed by atoms with Crippen molar-refractivity contribution in [3.8, 4) is 0 Å². The van der Waals surface area contributed by atoms with Crippen LogP contribution in [-0.4, -0.2) is 59.6 Å². The van der Waals surface area contributed by atoms with Crippen LogP contribution in [0.25, 0.3) is 0 Å². The zero-order chi connectivity index (χ0) is 20.3. The number of benzene rings is 2. The van der Waals surface area contributed by atoms with Crippen LogP contribution >= 0.6 is 23.2 Å². The number of rotatable bonds is 6. The lowest BCUT2D eigenvalue weighted by Crippen LogP contribution is -2.55. The topological polar surface area (TPSA) is 40.6 Å². The van der Waals surface area contributed by atoms with Gasteiger partial charge in [-0.15, -0.1) is 0 Å². The molecule has 0 amide bonds. The highest BCUT2D eigenvalue weighted by molar-refractivity contribution is 6.31. The number of ketones is 2. The summed E-state index contributed by atoms with van der Waals surface area (Å²) in [7, 11) is 0. The smallest absolute Gasteiger partial charge is 0.179 e. The van der Waals surface area contributed by atoms with Gasteiger partial charge in [-0.3, -0.25) is 19.4 Å². The Morgan fingerprint density at radius 1 is 0.679 bits per heavy atom. The molecule has 2 aromatic carbocycles. The molecule has 0 radical (unpaired) electrons. The van der Waals surface area contributed by atoms with Crippen molar-refractivity contribution in [2.24, 2.45) is 0 Å². The van der Waals surface area contributed by atoms with Crippen molar-refractivity contribution >= 4 is 34.8 Å². The third-order valence-electron chi connectivity index (χ3n) is 5.46. The Balaban J connectivity index is 1.57. The Morgan fingerprint density at radius 3 is 1.25 bits per heavy atom. The van der Waals surface area contributed by atoms with Gasteiger partial charge in [0.1, 0.15) is 0 Å². The van der Waals surface area contributed by atoms with Gasteiger partial charge in [-0.25, -0.2) is 0 Å². The molecule has 3 rings (SSSR count). The van der Waals surface area contributed by atoms with E-state index in [0.29, 0.717) is 21.2 Å². The Morgan fingerprint density at radius 2 is 0.964 bits per heavy atom. The molecular weight excluding hydrogens is 395 g/mol. The van der Waals surface area contributed by atoms with E-state index in [-0.39, 0.29) is 23.7 Å². The van der Waals surface area contributed by atoms with E-state index in [1.54, 1.807) is 48.5 Å². The molecule has 1 aliphatic heterocycles. The van der Waals surface area contributed by atoms with Gasteiger partial charge in [-0.05, 0) is 62.4 Å². The molecule has 2 unspecified atom stereocenters. The van der Waals surface area contributed by atoms with Crippen LogP contribution in [0.2, 0.25) is 10.0 Å². The van der Waals surface area contributed by atoms with Crippen LogP contribution in [0, 0.1) is 0 Å². The van der Waals surface area contributed by atoms with Gasteiger partial charge in [0.2, 0.25) is 0 Å². The van der Waals surface area contributed by atoms with Crippen LogP contribution in [0.1, 0.15) is 34.6 Å². The van der Waals surface area contributed by atoms with E-state index in [1.165, 1.54) is 0 Å². The third-order valence-corrected chi connectivity index (χ3v) is 5.96. The van der Waals surface area contributed by atoms with Gasteiger partial charge < -0.3 is 0 Å². The van der Waals surface area contributed by atoms with Crippen molar-refractivity contribution in [3.05, 3.63) is 69.7 Å². The molecule has 0 bridgehead atoms. The first-order chi connectivity index (χ1) is 13.4. The molecule has 0 saturated carbocycles. The van der Waals surface area contributed by atoms with Crippen molar-refractivity contribution in [1.82, 2.24) is 9.80 Å². The highest BCUT2D eigenvalue weighted by Crippen LogP contribution is 2.18. The summed E-state index contributed by atoms with van der Waals surface area (Å²) in [5.74, 6) is 0.186. The summed E-state index contributed by atoms with van der Waals surface area (Å²) in [5, 5.41) is 1.24. The third kappa shape index (κ3) is 4.81. The fourth-order valence-electron chi connectivity index (χ4n) is 3.55. The maximum absolute atomic E-state index is 12.7. The maximum Gasteiger partial charge on any atom is 0.179 e. The first kappa shape index (κ1) is 21.0. The van der Waals surface area contributed by atoms with E-state index < -0.39 is 0 Å². The summed E-state index contributed by atoms with van der Waals surface area (Å²) in [6.07, 6.45) is 0. The van der Waals surface area contributed by atoms with Crippen LogP contribution in [-0.2, 0) is 0 Å². The van der Waals surface area contributed by atoms with Crippen molar-refractivity contribution in [1.29, 1.82) is 0 Å². The Bertz CT molecular complexity index is 757. The molecule has 0 aromatic heterocycles. The summed E-state index contributed by atoms with van der Waals surface area (Å²) in [4.78, 5) is 29.8. The quantitative estimate of drug-likeness (QED) is 0.649.